The second-order valence-corrected chi connectivity index (χ2v) is 4.97. The van der Waals surface area contributed by atoms with E-state index in [1.807, 2.05) is 0 Å². The van der Waals surface area contributed by atoms with Gasteiger partial charge in [0.25, 0.3) is 0 Å². The Bertz CT molecular complexity index is 481. The molecule has 0 aromatic heterocycles. The van der Waals surface area contributed by atoms with E-state index in [4.69, 9.17) is 0 Å². The molecule has 5 nitrogen and oxygen atoms in total. The molecular formula is C14H19FN2O3. The first-order chi connectivity index (χ1) is 9.58. The lowest BCUT2D eigenvalue weighted by Crippen LogP contribution is -2.22. The zero-order chi connectivity index (χ0) is 14.5. The van der Waals surface area contributed by atoms with Crippen molar-refractivity contribution >= 4 is 11.6 Å². The summed E-state index contributed by atoms with van der Waals surface area (Å²) >= 11 is 0. The van der Waals surface area contributed by atoms with E-state index in [0.29, 0.717) is 13.1 Å². The number of rotatable bonds is 5. The highest BCUT2D eigenvalue weighted by molar-refractivity contribution is 5.91. The van der Waals surface area contributed by atoms with Gasteiger partial charge in [-0.25, -0.2) is 4.39 Å². The largest absolute Gasteiger partial charge is 0.392 e. The molecule has 1 aromatic carbocycles. The minimum atomic E-state index is -0.466. The van der Waals surface area contributed by atoms with Crippen LogP contribution in [0.15, 0.2) is 18.2 Å². The van der Waals surface area contributed by atoms with E-state index in [1.165, 1.54) is 13.2 Å². The molecule has 2 N–H and O–H groups in total. The van der Waals surface area contributed by atoms with Gasteiger partial charge in [0.1, 0.15) is 12.4 Å². The first-order valence-corrected chi connectivity index (χ1v) is 6.56. The van der Waals surface area contributed by atoms with Crippen molar-refractivity contribution in [2.45, 2.75) is 19.1 Å². The number of methoxy groups -OCH3 is 1. The van der Waals surface area contributed by atoms with Crippen LogP contribution >= 0.6 is 0 Å². The number of anilines is 1. The number of hydrogen-bond acceptors (Lipinski definition) is 4. The third-order valence-electron chi connectivity index (χ3n) is 3.24. The molecule has 0 radical (unpaired) electrons. The molecule has 1 unspecified atom stereocenters. The van der Waals surface area contributed by atoms with Crippen molar-refractivity contribution in [1.29, 1.82) is 0 Å². The molecule has 0 saturated carbocycles. The summed E-state index contributed by atoms with van der Waals surface area (Å²) in [5.74, 6) is -0.853. The van der Waals surface area contributed by atoms with Crippen LogP contribution in [0.25, 0.3) is 0 Å². The van der Waals surface area contributed by atoms with Gasteiger partial charge in [0, 0.05) is 26.7 Å². The number of likely N-dealkylation sites (tertiary alicyclic amines) is 1. The second kappa shape index (κ2) is 6.78. The van der Waals surface area contributed by atoms with Crippen molar-refractivity contribution in [2.75, 3.05) is 32.1 Å². The molecule has 1 heterocycles. The molecule has 1 aromatic rings. The molecular weight excluding hydrogens is 263 g/mol. The molecule has 6 heteroatoms. The van der Waals surface area contributed by atoms with Crippen LogP contribution in [0.1, 0.15) is 12.0 Å². The quantitative estimate of drug-likeness (QED) is 0.845. The summed E-state index contributed by atoms with van der Waals surface area (Å²) in [6, 6.07) is 4.73. The van der Waals surface area contributed by atoms with Gasteiger partial charge < -0.3 is 15.2 Å². The molecule has 1 amide bonds. The van der Waals surface area contributed by atoms with E-state index in [2.05, 4.69) is 15.0 Å². The number of aliphatic hydroxyl groups excluding tert-OH is 1. The number of carbonyl (C=O) groups excluding carboxylic acids is 1. The Morgan fingerprint density at radius 2 is 2.40 bits per heavy atom. The predicted octanol–water partition coefficient (Wildman–Crippen LogP) is 0.977. The SMILES string of the molecule is COCC(=O)Nc1ccc(CN2CCC(O)C2)cc1F. The van der Waals surface area contributed by atoms with Crippen LogP contribution in [0.2, 0.25) is 0 Å². The number of nitrogens with zero attached hydrogens (tertiary/aromatic N) is 1. The molecule has 1 saturated heterocycles. The van der Waals surface area contributed by atoms with Crippen LogP contribution < -0.4 is 5.32 Å². The maximum Gasteiger partial charge on any atom is 0.250 e. The van der Waals surface area contributed by atoms with Crippen molar-refractivity contribution in [3.63, 3.8) is 0 Å². The lowest BCUT2D eigenvalue weighted by atomic mass is 10.2. The third-order valence-corrected chi connectivity index (χ3v) is 3.24. The summed E-state index contributed by atoms with van der Waals surface area (Å²) in [5, 5.41) is 11.9. The van der Waals surface area contributed by atoms with Gasteiger partial charge in [0.05, 0.1) is 11.8 Å². The molecule has 1 atom stereocenters. The Kier molecular flexibility index (Phi) is 5.05. The summed E-state index contributed by atoms with van der Waals surface area (Å²) in [7, 11) is 1.41. The Hall–Kier alpha value is -1.50. The minimum absolute atomic E-state index is 0.104. The van der Waals surface area contributed by atoms with E-state index in [-0.39, 0.29) is 24.3 Å². The van der Waals surface area contributed by atoms with Crippen molar-refractivity contribution in [3.8, 4) is 0 Å². The van der Waals surface area contributed by atoms with Gasteiger partial charge in [-0.15, -0.1) is 0 Å². The third kappa shape index (κ3) is 4.00. The minimum Gasteiger partial charge on any atom is -0.392 e. The van der Waals surface area contributed by atoms with Crippen LogP contribution in [0.5, 0.6) is 0 Å². The molecule has 1 aliphatic heterocycles. The van der Waals surface area contributed by atoms with E-state index < -0.39 is 5.82 Å². The van der Waals surface area contributed by atoms with E-state index >= 15 is 0 Å². The Morgan fingerprint density at radius 1 is 1.60 bits per heavy atom. The highest BCUT2D eigenvalue weighted by Gasteiger charge is 2.20. The van der Waals surface area contributed by atoms with Crippen LogP contribution in [-0.4, -0.2) is 48.8 Å². The topological polar surface area (TPSA) is 61.8 Å². The van der Waals surface area contributed by atoms with Gasteiger partial charge in [-0.3, -0.25) is 9.69 Å². The van der Waals surface area contributed by atoms with Gasteiger partial charge in [-0.2, -0.15) is 0 Å². The van der Waals surface area contributed by atoms with Crippen LogP contribution in [-0.2, 0) is 16.1 Å². The molecule has 1 aliphatic rings. The van der Waals surface area contributed by atoms with Gasteiger partial charge in [0.2, 0.25) is 5.91 Å². The zero-order valence-corrected chi connectivity index (χ0v) is 11.4. The van der Waals surface area contributed by atoms with Crippen LogP contribution in [0.4, 0.5) is 10.1 Å². The maximum atomic E-state index is 13.9. The molecule has 20 heavy (non-hydrogen) atoms. The number of β-amino-alcohol motifs (C(OH)–C–C–N with tert-alkyl or cyclic N) is 1. The highest BCUT2D eigenvalue weighted by Crippen LogP contribution is 2.19. The lowest BCUT2D eigenvalue weighted by Gasteiger charge is -2.15. The van der Waals surface area contributed by atoms with Crippen LogP contribution in [0.3, 0.4) is 0 Å². The van der Waals surface area contributed by atoms with Crippen molar-refractivity contribution in [2.24, 2.45) is 0 Å². The molecule has 0 spiro atoms. The van der Waals surface area contributed by atoms with E-state index in [9.17, 15) is 14.3 Å². The smallest absolute Gasteiger partial charge is 0.250 e. The van der Waals surface area contributed by atoms with Gasteiger partial charge in [-0.1, -0.05) is 6.07 Å². The van der Waals surface area contributed by atoms with E-state index in [0.717, 1.165) is 18.5 Å². The van der Waals surface area contributed by atoms with Crippen molar-refractivity contribution < 1.29 is 19.0 Å². The average Bonchev–Trinajstić information content (AvgIpc) is 2.78. The number of ether oxygens (including phenoxy) is 1. The average molecular weight is 282 g/mol. The highest BCUT2D eigenvalue weighted by atomic mass is 19.1. The number of carbonyl (C=O) groups is 1. The summed E-state index contributed by atoms with van der Waals surface area (Å²) < 4.78 is 18.6. The lowest BCUT2D eigenvalue weighted by molar-refractivity contribution is -0.119. The standard InChI is InChI=1S/C14H19FN2O3/c1-20-9-14(19)16-13-3-2-10(6-12(13)15)7-17-5-4-11(18)8-17/h2-3,6,11,18H,4-5,7-9H2,1H3,(H,16,19). The summed E-state index contributed by atoms with van der Waals surface area (Å²) in [6.45, 7) is 1.93. The Morgan fingerprint density at radius 3 is 3.00 bits per heavy atom. The van der Waals surface area contributed by atoms with Crippen molar-refractivity contribution in [3.05, 3.63) is 29.6 Å². The van der Waals surface area contributed by atoms with Gasteiger partial charge >= 0.3 is 0 Å². The molecule has 0 bridgehead atoms. The number of amides is 1. The number of nitrogens with one attached hydrogen (secondary N) is 1. The maximum absolute atomic E-state index is 13.9. The Balaban J connectivity index is 1.96. The molecule has 2 rings (SSSR count). The molecule has 1 fully saturated rings. The number of halogens is 1. The van der Waals surface area contributed by atoms with Gasteiger partial charge in [0.15, 0.2) is 0 Å². The van der Waals surface area contributed by atoms with Crippen LogP contribution in [0, 0.1) is 5.82 Å². The van der Waals surface area contributed by atoms with E-state index in [1.54, 1.807) is 12.1 Å². The second-order valence-electron chi connectivity index (χ2n) is 4.97. The Labute approximate surface area is 117 Å². The fourth-order valence-corrected chi connectivity index (χ4v) is 2.29. The zero-order valence-electron chi connectivity index (χ0n) is 11.4. The number of aliphatic hydroxyl groups is 1. The predicted molar refractivity (Wildman–Crippen MR) is 72.8 cm³/mol. The summed E-state index contributed by atoms with van der Waals surface area (Å²) in [4.78, 5) is 13.4. The number of benzene rings is 1. The first kappa shape index (κ1) is 14.9. The molecule has 0 aliphatic carbocycles. The fraction of sp³-hybridized carbons (Fsp3) is 0.500. The fourth-order valence-electron chi connectivity index (χ4n) is 2.29. The first-order valence-electron chi connectivity index (χ1n) is 6.56. The molecule has 110 valence electrons. The monoisotopic (exact) mass is 282 g/mol. The number of hydrogen-bond donors (Lipinski definition) is 2. The summed E-state index contributed by atoms with van der Waals surface area (Å²) in [5.41, 5.74) is 0.971. The van der Waals surface area contributed by atoms with Crippen molar-refractivity contribution in [1.82, 2.24) is 4.90 Å². The normalized spacial score (nSPS) is 19.2. The van der Waals surface area contributed by atoms with Gasteiger partial charge in [-0.05, 0) is 24.1 Å². The summed E-state index contributed by atoms with van der Waals surface area (Å²) in [6.07, 6.45) is 0.473.